The molecule has 0 spiro atoms. The molecule has 0 N–H and O–H groups in total. The van der Waals surface area contributed by atoms with Crippen LogP contribution in [0.2, 0.25) is 0 Å². The molecule has 0 aromatic heterocycles. The smallest absolute Gasteiger partial charge is 0 e. The molecule has 0 fully saturated rings. The molecular formula is H5InOSiZr. The zero-order valence-electron chi connectivity index (χ0n) is 1.62. The monoisotopic (exact) mass is 254 g/mol. The molecule has 4 heavy (non-hydrogen) atoms. The molecule has 0 aromatic carbocycles. The van der Waals surface area contributed by atoms with Gasteiger partial charge < -0.3 is 4.46 Å². The van der Waals surface area contributed by atoms with Crippen LogP contribution in [0.15, 0.2) is 0 Å². The molecule has 0 aliphatic carbocycles. The summed E-state index contributed by atoms with van der Waals surface area (Å²) in [7, 11) is 0.611. The summed E-state index contributed by atoms with van der Waals surface area (Å²) in [6, 6.07) is 0. The predicted octanol–water partition coefficient (Wildman–Crippen LogP) is -2.22. The van der Waals surface area contributed by atoms with E-state index in [1.165, 1.54) is 0 Å². The second-order valence-electron chi connectivity index (χ2n) is 0. The Labute approximate surface area is 65.9 Å². The maximum absolute atomic E-state index is 8.28. The third-order valence-electron chi connectivity index (χ3n) is 0. The average Bonchev–Trinajstić information content (AvgIpc) is 1.00. The van der Waals surface area contributed by atoms with Crippen molar-refractivity contribution in [2.45, 2.75) is 0 Å². The van der Waals surface area contributed by atoms with Crippen LogP contribution in [0.5, 0.6) is 0 Å². The van der Waals surface area contributed by atoms with Crippen molar-refractivity contribution >= 4 is 36.0 Å². The summed E-state index contributed by atoms with van der Waals surface area (Å²) >= 11 is 0. The predicted molar refractivity (Wildman–Crippen MR) is 19.2 cm³/mol. The van der Waals surface area contributed by atoms with Gasteiger partial charge in [-0.1, -0.05) is 0 Å². The van der Waals surface area contributed by atoms with Gasteiger partial charge in [-0.2, -0.15) is 0 Å². The topological polar surface area (TPSA) is 17.1 Å². The molecule has 0 aromatic rings. The Morgan fingerprint density at radius 2 is 1.25 bits per heavy atom. The van der Waals surface area contributed by atoms with Crippen LogP contribution >= 0.6 is 0 Å². The fourth-order valence-electron chi connectivity index (χ4n) is 0. The Bertz CT molecular complexity index is 8.00. The van der Waals surface area contributed by atoms with Crippen LogP contribution in [-0.4, -0.2) is 36.0 Å². The van der Waals surface area contributed by atoms with Crippen molar-refractivity contribution in [1.82, 2.24) is 0 Å². The van der Waals surface area contributed by atoms with Gasteiger partial charge in [-0.05, 0) is 0 Å². The molecule has 22 valence electrons. The molecule has 0 bridgehead atoms. The molecule has 4 heteroatoms. The van der Waals surface area contributed by atoms with Gasteiger partial charge >= 0.3 is 25.8 Å². The molecule has 0 amide bonds. The first kappa shape index (κ1) is 17.1. The van der Waals surface area contributed by atoms with Gasteiger partial charge in [0.05, 0.1) is 0 Å². The van der Waals surface area contributed by atoms with E-state index in [-0.39, 0.29) is 52.0 Å². The third kappa shape index (κ3) is 9.23. The molecule has 0 heterocycles. The van der Waals surface area contributed by atoms with Crippen LogP contribution in [0.25, 0.3) is 0 Å². The number of rotatable bonds is 0. The summed E-state index contributed by atoms with van der Waals surface area (Å²) in [5, 5.41) is 0. The van der Waals surface area contributed by atoms with E-state index in [0.717, 1.165) is 0 Å². The normalized spacial score (nSPS) is 1.00. The minimum absolute atomic E-state index is 0. The summed E-state index contributed by atoms with van der Waals surface area (Å²) in [5.74, 6) is 0. The largest absolute Gasteiger partial charge is 0 e. The van der Waals surface area contributed by atoms with Crippen LogP contribution in [0.1, 0.15) is 0 Å². The van der Waals surface area contributed by atoms with Gasteiger partial charge in [-0.15, -0.1) is 0 Å². The minimum atomic E-state index is 0. The molecule has 0 radical (unpaired) electrons. The molecule has 0 unspecified atom stereocenters. The van der Waals surface area contributed by atoms with Gasteiger partial charge in [0.2, 0.25) is 10.1 Å². The molecule has 0 atom stereocenters. The Hall–Kier alpha value is 1.77. The third-order valence-corrected chi connectivity index (χ3v) is 0. The molecule has 0 aliphatic rings. The quantitative estimate of drug-likeness (QED) is 0.448. The van der Waals surface area contributed by atoms with E-state index in [0.29, 0.717) is 10.1 Å². The summed E-state index contributed by atoms with van der Waals surface area (Å²) in [6.07, 6.45) is 0. The first-order valence-corrected chi connectivity index (χ1v) is 0.866. The fraction of sp³-hybridized carbons (Fsp3) is 0. The SMILES string of the molecule is O=[SiH2].[InH3].[Zr]. The summed E-state index contributed by atoms with van der Waals surface area (Å²) in [6.45, 7) is 0. The molecule has 0 rings (SSSR count). The van der Waals surface area contributed by atoms with Gasteiger partial charge in [0.15, 0.2) is 0 Å². The minimum Gasteiger partial charge on any atom is 0 e. The Morgan fingerprint density at radius 1 is 1.25 bits per heavy atom. The van der Waals surface area contributed by atoms with Gasteiger partial charge in [0, 0.05) is 26.2 Å². The Balaban J connectivity index is -0.00000000500. The van der Waals surface area contributed by atoms with Crippen molar-refractivity contribution in [3.8, 4) is 0 Å². The standard InChI is InChI=1S/In.H2OSi.Zr.3H/c;1-2;;;;/h;2H2;;;;. The van der Waals surface area contributed by atoms with Crippen LogP contribution in [0, 0.1) is 0 Å². The summed E-state index contributed by atoms with van der Waals surface area (Å²) < 4.78 is 8.28. The molecule has 0 saturated carbocycles. The van der Waals surface area contributed by atoms with Crippen LogP contribution in [-0.2, 0) is 30.7 Å². The zero-order valence-corrected chi connectivity index (χ0v) is 5.49. The molecule has 0 aliphatic heterocycles. The summed E-state index contributed by atoms with van der Waals surface area (Å²) in [4.78, 5) is 0. The summed E-state index contributed by atoms with van der Waals surface area (Å²) in [5.41, 5.74) is 0. The first-order chi connectivity index (χ1) is 1.00. The second-order valence-corrected chi connectivity index (χ2v) is 0. The van der Waals surface area contributed by atoms with Crippen molar-refractivity contribution in [2.75, 3.05) is 0 Å². The molecular weight excluding hydrogens is 250 g/mol. The Kier molecular flexibility index (Phi) is 92.6. The van der Waals surface area contributed by atoms with Crippen molar-refractivity contribution in [3.63, 3.8) is 0 Å². The van der Waals surface area contributed by atoms with Gasteiger partial charge in [0.1, 0.15) is 0 Å². The van der Waals surface area contributed by atoms with E-state index < -0.39 is 0 Å². The Morgan fingerprint density at radius 3 is 1.25 bits per heavy atom. The van der Waals surface area contributed by atoms with Crippen LogP contribution in [0.4, 0.5) is 0 Å². The van der Waals surface area contributed by atoms with E-state index in [2.05, 4.69) is 0 Å². The molecule has 0 saturated heterocycles. The van der Waals surface area contributed by atoms with Gasteiger partial charge in [-0.3, -0.25) is 0 Å². The van der Waals surface area contributed by atoms with Crippen LogP contribution in [0.3, 0.4) is 0 Å². The fourth-order valence-corrected chi connectivity index (χ4v) is 0. The molecule has 1 nitrogen and oxygen atoms in total. The average molecular weight is 255 g/mol. The number of hydrogen-bond donors (Lipinski definition) is 0. The van der Waals surface area contributed by atoms with E-state index in [4.69, 9.17) is 4.46 Å². The first-order valence-electron chi connectivity index (χ1n) is 0.289. The van der Waals surface area contributed by atoms with E-state index in [9.17, 15) is 0 Å². The van der Waals surface area contributed by atoms with Crippen molar-refractivity contribution in [2.24, 2.45) is 0 Å². The van der Waals surface area contributed by atoms with E-state index in [1.54, 1.807) is 0 Å². The van der Waals surface area contributed by atoms with E-state index in [1.807, 2.05) is 0 Å². The maximum Gasteiger partial charge on any atom is 0 e. The van der Waals surface area contributed by atoms with Crippen molar-refractivity contribution in [1.29, 1.82) is 0 Å². The van der Waals surface area contributed by atoms with Gasteiger partial charge in [-0.25, -0.2) is 0 Å². The van der Waals surface area contributed by atoms with Crippen molar-refractivity contribution < 1.29 is 30.7 Å². The van der Waals surface area contributed by atoms with Crippen LogP contribution < -0.4 is 0 Å². The second kappa shape index (κ2) is 21.6. The van der Waals surface area contributed by atoms with Gasteiger partial charge in [0.25, 0.3) is 0 Å². The number of hydrogen-bond acceptors (Lipinski definition) is 1. The van der Waals surface area contributed by atoms with Crippen molar-refractivity contribution in [3.05, 3.63) is 0 Å². The van der Waals surface area contributed by atoms with E-state index >= 15 is 0 Å². The zero-order chi connectivity index (χ0) is 2.00. The maximum atomic E-state index is 8.28.